The van der Waals surface area contributed by atoms with Gasteiger partial charge in [0.1, 0.15) is 24.0 Å². The van der Waals surface area contributed by atoms with Crippen LogP contribution < -0.4 is 26.6 Å². The van der Waals surface area contributed by atoms with E-state index < -0.39 is 62.0 Å². The Morgan fingerprint density at radius 3 is 2.71 bits per heavy atom. The molecular weight excluding hydrogens is 557 g/mol. The molecule has 0 bridgehead atoms. The number of benzene rings is 1. The molecule has 0 aliphatic carbocycles. The first-order valence-electron chi connectivity index (χ1n) is 12.6. The van der Waals surface area contributed by atoms with Crippen molar-refractivity contribution in [3.8, 4) is 17.6 Å². The lowest BCUT2D eigenvalue weighted by atomic mass is 9.91. The number of ether oxygens (including phenoxy) is 2. The van der Waals surface area contributed by atoms with E-state index in [9.17, 15) is 19.3 Å². The number of esters is 1. The van der Waals surface area contributed by atoms with Gasteiger partial charge in [0.05, 0.1) is 19.0 Å². The lowest BCUT2D eigenvalue weighted by molar-refractivity contribution is -0.149. The number of para-hydroxylation sites is 1. The fourth-order valence-electron chi connectivity index (χ4n) is 4.21. The molecule has 3 aromatic rings. The summed E-state index contributed by atoms with van der Waals surface area (Å²) in [6, 6.07) is 7.09. The summed E-state index contributed by atoms with van der Waals surface area (Å²) in [4.78, 5) is 35.3. The molecule has 15 nitrogen and oxygen atoms in total. The lowest BCUT2D eigenvalue weighted by Gasteiger charge is -2.28. The fourth-order valence-corrected chi connectivity index (χ4v) is 5.71. The number of aliphatic hydroxyl groups is 1. The zero-order valence-electron chi connectivity index (χ0n) is 22.8. The van der Waals surface area contributed by atoms with Gasteiger partial charge >= 0.3 is 13.7 Å². The quantitative estimate of drug-likeness (QED) is 0.126. The Labute approximate surface area is 235 Å². The van der Waals surface area contributed by atoms with Crippen LogP contribution >= 0.6 is 7.75 Å². The summed E-state index contributed by atoms with van der Waals surface area (Å²) >= 11 is 0. The van der Waals surface area contributed by atoms with E-state index in [2.05, 4.69) is 31.9 Å². The standard InChI is InChI=1S/C25H32N7O8P/c1-5-11-25(27)19(33)17(39-23(25)32-13-28-18-20(32)29-24(26)30-21(18)34)12-37-41(36,40-16-9-7-6-8-10-16)31-15(4)22(35)38-14(2)3/h6-10,13-15,17,19,23,33H,12,27H2,1-4H3,(H,31,36)(H3,26,29,30,34)/t15?,17-,19?,23?,25?,41?/m1/s1. The number of hydrogen-bond donors (Lipinski definition) is 5. The zero-order valence-corrected chi connectivity index (χ0v) is 23.7. The summed E-state index contributed by atoms with van der Waals surface area (Å²) in [7, 11) is -4.28. The van der Waals surface area contributed by atoms with Crippen molar-refractivity contribution in [1.82, 2.24) is 24.6 Å². The van der Waals surface area contributed by atoms with E-state index in [4.69, 9.17) is 30.0 Å². The molecule has 0 saturated carbocycles. The Hall–Kier alpha value is -3.77. The van der Waals surface area contributed by atoms with E-state index in [1.165, 1.54) is 24.7 Å². The number of imidazole rings is 1. The molecule has 0 spiro atoms. The molecule has 6 atom stereocenters. The van der Waals surface area contributed by atoms with Crippen LogP contribution in [0.2, 0.25) is 0 Å². The van der Waals surface area contributed by atoms with Crippen LogP contribution in [0.5, 0.6) is 5.75 Å². The van der Waals surface area contributed by atoms with Crippen LogP contribution in [0.4, 0.5) is 5.95 Å². The highest BCUT2D eigenvalue weighted by molar-refractivity contribution is 7.52. The van der Waals surface area contributed by atoms with E-state index in [0.717, 1.165) is 0 Å². The van der Waals surface area contributed by atoms with E-state index in [1.54, 1.807) is 44.2 Å². The minimum Gasteiger partial charge on any atom is -0.462 e. The highest BCUT2D eigenvalue weighted by Crippen LogP contribution is 2.47. The van der Waals surface area contributed by atoms with Gasteiger partial charge in [-0.2, -0.15) is 10.1 Å². The van der Waals surface area contributed by atoms with Crippen molar-refractivity contribution in [2.75, 3.05) is 12.3 Å². The normalized spacial score (nSPS) is 24.4. The average Bonchev–Trinajstić information content (AvgIpc) is 3.42. The number of nitrogens with one attached hydrogen (secondary N) is 2. The monoisotopic (exact) mass is 589 g/mol. The maximum absolute atomic E-state index is 13.9. The van der Waals surface area contributed by atoms with Crippen LogP contribution in [0.25, 0.3) is 11.2 Å². The third-order valence-corrected chi connectivity index (χ3v) is 7.68. The predicted molar refractivity (Wildman–Crippen MR) is 147 cm³/mol. The Kier molecular flexibility index (Phi) is 8.83. The van der Waals surface area contributed by atoms with Crippen molar-refractivity contribution < 1.29 is 33.0 Å². The molecule has 1 saturated heterocycles. The maximum atomic E-state index is 13.9. The molecule has 1 aliphatic rings. The number of rotatable bonds is 10. The summed E-state index contributed by atoms with van der Waals surface area (Å²) in [6.07, 6.45) is -3.03. The first-order chi connectivity index (χ1) is 19.4. The Balaban J connectivity index is 1.62. The number of H-pyrrole nitrogens is 1. The Morgan fingerprint density at radius 1 is 1.34 bits per heavy atom. The van der Waals surface area contributed by atoms with E-state index in [0.29, 0.717) is 0 Å². The first kappa shape index (κ1) is 30.2. The lowest BCUT2D eigenvalue weighted by Crippen LogP contribution is -2.53. The Morgan fingerprint density at radius 2 is 2.05 bits per heavy atom. The fraction of sp³-hybridized carbons (Fsp3) is 0.440. The van der Waals surface area contributed by atoms with Gasteiger partial charge in [-0.3, -0.25) is 23.7 Å². The summed E-state index contributed by atoms with van der Waals surface area (Å²) in [5, 5.41) is 13.8. The third kappa shape index (κ3) is 6.43. The minimum absolute atomic E-state index is 0.0315. The Bertz CT molecular complexity index is 1570. The number of nitrogens with zero attached hydrogens (tertiary/aromatic N) is 3. The molecule has 5 unspecified atom stereocenters. The van der Waals surface area contributed by atoms with E-state index in [1.807, 2.05) is 0 Å². The number of nitrogens with two attached hydrogens (primary N) is 2. The number of anilines is 1. The molecule has 2 aromatic heterocycles. The molecular formula is C25H32N7O8P. The molecule has 0 amide bonds. The molecule has 1 aromatic carbocycles. The molecule has 1 aliphatic heterocycles. The van der Waals surface area contributed by atoms with Crippen molar-refractivity contribution in [1.29, 1.82) is 0 Å². The number of fused-ring (bicyclic) bond motifs is 1. The van der Waals surface area contributed by atoms with Gasteiger partial charge in [0.15, 0.2) is 22.9 Å². The predicted octanol–water partition coefficient (Wildman–Crippen LogP) is 0.814. The number of hydrogen-bond acceptors (Lipinski definition) is 12. The molecule has 220 valence electrons. The van der Waals surface area contributed by atoms with Crippen LogP contribution in [-0.2, 0) is 23.4 Å². The van der Waals surface area contributed by atoms with Gasteiger partial charge in [0, 0.05) is 0 Å². The van der Waals surface area contributed by atoms with Gasteiger partial charge in [-0.15, -0.1) is 5.92 Å². The second-order valence-electron chi connectivity index (χ2n) is 9.59. The number of nitrogen functional groups attached to an aromatic ring is 1. The van der Waals surface area contributed by atoms with Crippen LogP contribution in [0.3, 0.4) is 0 Å². The highest BCUT2D eigenvalue weighted by atomic mass is 31.2. The maximum Gasteiger partial charge on any atom is 0.459 e. The minimum atomic E-state index is -4.28. The SMILES string of the molecule is CC#CC1(N)C(O)[C@@H](COP(=O)(NC(C)C(=O)OC(C)C)Oc2ccccc2)OC1n1cnc2c(=O)[nH]c(N)nc21. The van der Waals surface area contributed by atoms with Gasteiger partial charge < -0.3 is 30.6 Å². The van der Waals surface area contributed by atoms with Crippen molar-refractivity contribution >= 4 is 30.8 Å². The molecule has 16 heteroatoms. The molecule has 4 rings (SSSR count). The van der Waals surface area contributed by atoms with Crippen molar-refractivity contribution in [2.24, 2.45) is 5.73 Å². The molecule has 0 radical (unpaired) electrons. The van der Waals surface area contributed by atoms with Crippen LogP contribution in [0, 0.1) is 11.8 Å². The van der Waals surface area contributed by atoms with Gasteiger partial charge in [-0.25, -0.2) is 9.55 Å². The molecule has 41 heavy (non-hydrogen) atoms. The average molecular weight is 590 g/mol. The summed E-state index contributed by atoms with van der Waals surface area (Å²) in [6.45, 7) is 5.82. The second kappa shape index (κ2) is 12.0. The number of aromatic amines is 1. The largest absolute Gasteiger partial charge is 0.462 e. The summed E-state index contributed by atoms with van der Waals surface area (Å²) < 4.78 is 37.8. The summed E-state index contributed by atoms with van der Waals surface area (Å²) in [5.41, 5.74) is 9.98. The second-order valence-corrected chi connectivity index (χ2v) is 11.3. The number of aliphatic hydroxyl groups excluding tert-OH is 1. The van der Waals surface area contributed by atoms with Crippen molar-refractivity contribution in [3.05, 3.63) is 47.0 Å². The van der Waals surface area contributed by atoms with Gasteiger partial charge in [-0.1, -0.05) is 24.1 Å². The molecule has 7 N–H and O–H groups in total. The van der Waals surface area contributed by atoms with E-state index >= 15 is 0 Å². The smallest absolute Gasteiger partial charge is 0.459 e. The van der Waals surface area contributed by atoms with Gasteiger partial charge in [-0.05, 0) is 39.8 Å². The zero-order chi connectivity index (χ0) is 29.9. The summed E-state index contributed by atoms with van der Waals surface area (Å²) in [5.74, 6) is 4.80. The van der Waals surface area contributed by atoms with E-state index in [-0.39, 0.29) is 22.9 Å². The first-order valence-corrected chi connectivity index (χ1v) is 14.2. The molecule has 1 fully saturated rings. The highest BCUT2D eigenvalue weighted by Gasteiger charge is 2.55. The van der Waals surface area contributed by atoms with Crippen molar-refractivity contribution in [3.63, 3.8) is 0 Å². The van der Waals surface area contributed by atoms with Gasteiger partial charge in [0.25, 0.3) is 5.56 Å². The number of carbonyl (C=O) groups excluding carboxylic acids is 1. The number of aromatic nitrogens is 4. The molecule has 3 heterocycles. The van der Waals surface area contributed by atoms with Gasteiger partial charge in [0.2, 0.25) is 5.95 Å². The van der Waals surface area contributed by atoms with Crippen molar-refractivity contribution in [2.45, 2.75) is 63.8 Å². The number of carbonyl (C=O) groups is 1. The topological polar surface area (TPSA) is 219 Å². The van der Waals surface area contributed by atoms with Crippen LogP contribution in [0.15, 0.2) is 41.5 Å². The van der Waals surface area contributed by atoms with Crippen LogP contribution in [0.1, 0.15) is 33.9 Å². The van der Waals surface area contributed by atoms with Crippen LogP contribution in [-0.4, -0.2) is 67.1 Å². The third-order valence-electron chi connectivity index (χ3n) is 6.03.